The molecule has 8 nitrogen and oxygen atoms in total. The number of nitrogens with zero attached hydrogens (tertiary/aromatic N) is 5. The third-order valence-corrected chi connectivity index (χ3v) is 6.38. The number of thioether (sulfide) groups is 1. The standard InChI is InChI=1S/C24H22N6O2S/c1-2-3-11-29-12-9-19-17(21(29)31)14-18-20(25-19)10-13-30(22(18)32)23-26-24(28-27-23)33-15-16-7-5-4-6-8-16/h4-10,12-14H,2-3,11,15H2,1H3,(H,26,27,28). The predicted molar refractivity (Wildman–Crippen MR) is 130 cm³/mol. The van der Waals surface area contributed by atoms with Gasteiger partial charge in [-0.15, -0.1) is 5.10 Å². The van der Waals surface area contributed by atoms with Crippen LogP contribution >= 0.6 is 11.8 Å². The van der Waals surface area contributed by atoms with Gasteiger partial charge in [0.25, 0.3) is 11.1 Å². The Balaban J connectivity index is 1.50. The molecule has 0 aliphatic rings. The van der Waals surface area contributed by atoms with Gasteiger partial charge in [-0.05, 0) is 30.2 Å². The van der Waals surface area contributed by atoms with E-state index in [0.717, 1.165) is 18.6 Å². The minimum atomic E-state index is -0.305. The minimum absolute atomic E-state index is 0.135. The molecule has 1 aromatic carbocycles. The lowest BCUT2D eigenvalue weighted by atomic mass is 10.2. The van der Waals surface area contributed by atoms with Crippen LogP contribution in [-0.4, -0.2) is 29.3 Å². The van der Waals surface area contributed by atoms with E-state index in [1.165, 1.54) is 21.9 Å². The Morgan fingerprint density at radius 3 is 2.48 bits per heavy atom. The van der Waals surface area contributed by atoms with Crippen LogP contribution in [-0.2, 0) is 12.3 Å². The molecule has 4 aromatic heterocycles. The van der Waals surface area contributed by atoms with E-state index in [0.29, 0.717) is 39.5 Å². The summed E-state index contributed by atoms with van der Waals surface area (Å²) in [5, 5.41) is 8.43. The molecular weight excluding hydrogens is 436 g/mol. The van der Waals surface area contributed by atoms with Crippen LogP contribution in [0.1, 0.15) is 25.3 Å². The summed E-state index contributed by atoms with van der Waals surface area (Å²) in [7, 11) is 0. The maximum Gasteiger partial charge on any atom is 0.266 e. The van der Waals surface area contributed by atoms with Crippen LogP contribution in [0.5, 0.6) is 0 Å². The molecular formula is C24H22N6O2S. The normalized spacial score (nSPS) is 11.4. The number of hydrogen-bond acceptors (Lipinski definition) is 6. The summed E-state index contributed by atoms with van der Waals surface area (Å²) >= 11 is 1.49. The van der Waals surface area contributed by atoms with Crippen molar-refractivity contribution in [3.63, 3.8) is 0 Å². The molecule has 0 aliphatic carbocycles. The van der Waals surface area contributed by atoms with Gasteiger partial charge >= 0.3 is 0 Å². The van der Waals surface area contributed by atoms with Crippen molar-refractivity contribution >= 4 is 33.6 Å². The van der Waals surface area contributed by atoms with Crippen molar-refractivity contribution in [1.82, 2.24) is 29.3 Å². The zero-order valence-electron chi connectivity index (χ0n) is 18.1. The van der Waals surface area contributed by atoms with Crippen LogP contribution in [0.4, 0.5) is 0 Å². The zero-order chi connectivity index (χ0) is 22.8. The van der Waals surface area contributed by atoms with Crippen LogP contribution in [0.25, 0.3) is 27.8 Å². The Kier molecular flexibility index (Phi) is 5.78. The van der Waals surface area contributed by atoms with Crippen LogP contribution in [0, 0.1) is 0 Å². The molecule has 0 unspecified atom stereocenters. The molecule has 166 valence electrons. The van der Waals surface area contributed by atoms with Crippen LogP contribution in [0.15, 0.2) is 75.7 Å². The van der Waals surface area contributed by atoms with Crippen molar-refractivity contribution in [2.45, 2.75) is 37.2 Å². The first-order chi connectivity index (χ1) is 16.1. The highest BCUT2D eigenvalue weighted by molar-refractivity contribution is 7.98. The number of benzene rings is 1. The molecule has 0 aliphatic heterocycles. The molecule has 33 heavy (non-hydrogen) atoms. The largest absolute Gasteiger partial charge is 0.315 e. The van der Waals surface area contributed by atoms with Crippen molar-refractivity contribution in [1.29, 1.82) is 0 Å². The second-order valence-electron chi connectivity index (χ2n) is 7.73. The smallest absolute Gasteiger partial charge is 0.266 e. The molecule has 5 rings (SSSR count). The van der Waals surface area contributed by atoms with Crippen molar-refractivity contribution in [3.8, 4) is 5.95 Å². The summed E-state index contributed by atoms with van der Waals surface area (Å²) in [5.74, 6) is 1.05. The van der Waals surface area contributed by atoms with E-state index < -0.39 is 0 Å². The van der Waals surface area contributed by atoms with Crippen molar-refractivity contribution < 1.29 is 0 Å². The lowest BCUT2D eigenvalue weighted by Gasteiger charge is -2.08. The molecule has 0 amide bonds. The van der Waals surface area contributed by atoms with E-state index in [9.17, 15) is 9.59 Å². The van der Waals surface area contributed by atoms with Crippen molar-refractivity contribution in [2.75, 3.05) is 0 Å². The summed E-state index contributed by atoms with van der Waals surface area (Å²) in [4.78, 5) is 35.2. The number of aromatic nitrogens is 6. The third-order valence-electron chi connectivity index (χ3n) is 5.46. The van der Waals surface area contributed by atoms with Crippen molar-refractivity contribution in [2.24, 2.45) is 0 Å². The summed E-state index contributed by atoms with van der Waals surface area (Å²) in [6.45, 7) is 2.72. The maximum absolute atomic E-state index is 13.2. The Morgan fingerprint density at radius 1 is 0.939 bits per heavy atom. The quantitative estimate of drug-likeness (QED) is 0.293. The average Bonchev–Trinajstić information content (AvgIpc) is 3.31. The lowest BCUT2D eigenvalue weighted by Crippen LogP contribution is -2.22. The number of H-pyrrole nitrogens is 1. The SMILES string of the molecule is CCCCn1ccc2nc3ccn(-c4nc(SCc5ccccc5)n[nH]4)c(=O)c3cc2c1=O. The van der Waals surface area contributed by atoms with Crippen LogP contribution in [0.2, 0.25) is 0 Å². The Bertz CT molecular complexity index is 1550. The fourth-order valence-corrected chi connectivity index (χ4v) is 4.42. The number of fused-ring (bicyclic) bond motifs is 2. The zero-order valence-corrected chi connectivity index (χ0v) is 18.9. The first-order valence-corrected chi connectivity index (χ1v) is 11.8. The first-order valence-electron chi connectivity index (χ1n) is 10.8. The van der Waals surface area contributed by atoms with Crippen LogP contribution in [0.3, 0.4) is 0 Å². The van der Waals surface area contributed by atoms with E-state index in [2.05, 4.69) is 27.1 Å². The maximum atomic E-state index is 13.2. The van der Waals surface area contributed by atoms with E-state index >= 15 is 0 Å². The van der Waals surface area contributed by atoms with E-state index in [4.69, 9.17) is 0 Å². The van der Waals surface area contributed by atoms with E-state index in [1.807, 2.05) is 36.4 Å². The highest BCUT2D eigenvalue weighted by Gasteiger charge is 2.13. The Morgan fingerprint density at radius 2 is 1.70 bits per heavy atom. The molecule has 9 heteroatoms. The van der Waals surface area contributed by atoms with Gasteiger partial charge in [-0.1, -0.05) is 55.4 Å². The number of pyridine rings is 3. The van der Waals surface area contributed by atoms with Gasteiger partial charge in [0.05, 0.1) is 21.8 Å². The number of unbranched alkanes of at least 4 members (excludes halogenated alkanes) is 1. The number of aromatic amines is 1. The molecule has 0 saturated heterocycles. The van der Waals surface area contributed by atoms with Crippen molar-refractivity contribution in [3.05, 3.63) is 87.2 Å². The van der Waals surface area contributed by atoms with E-state index in [-0.39, 0.29) is 11.1 Å². The molecule has 0 radical (unpaired) electrons. The first kappa shape index (κ1) is 21.1. The molecule has 0 fully saturated rings. The van der Waals surface area contributed by atoms with Gasteiger partial charge in [0.1, 0.15) is 0 Å². The third kappa shape index (κ3) is 4.19. The summed E-state index contributed by atoms with van der Waals surface area (Å²) in [6, 6.07) is 15.3. The van der Waals surface area contributed by atoms with Gasteiger partial charge in [0, 0.05) is 24.7 Å². The topological polar surface area (TPSA) is 98.5 Å². The van der Waals surface area contributed by atoms with Gasteiger partial charge in [-0.25, -0.2) is 10.1 Å². The highest BCUT2D eigenvalue weighted by atomic mass is 32.2. The fourth-order valence-electron chi connectivity index (χ4n) is 3.67. The number of hydrogen-bond donors (Lipinski definition) is 1. The van der Waals surface area contributed by atoms with Gasteiger partial charge in [-0.2, -0.15) is 4.98 Å². The van der Waals surface area contributed by atoms with Crippen LogP contribution < -0.4 is 11.1 Å². The van der Waals surface area contributed by atoms with Gasteiger partial charge in [0.15, 0.2) is 0 Å². The molecule has 4 heterocycles. The summed E-state index contributed by atoms with van der Waals surface area (Å²) in [5.41, 5.74) is 1.84. The minimum Gasteiger partial charge on any atom is -0.315 e. The molecule has 0 bridgehead atoms. The second-order valence-corrected chi connectivity index (χ2v) is 8.67. The van der Waals surface area contributed by atoms with Gasteiger partial charge < -0.3 is 4.57 Å². The number of nitrogens with one attached hydrogen (secondary N) is 1. The predicted octanol–water partition coefficient (Wildman–Crippen LogP) is 3.91. The molecule has 5 aromatic rings. The Labute approximate surface area is 193 Å². The summed E-state index contributed by atoms with van der Waals surface area (Å²) < 4.78 is 3.07. The monoisotopic (exact) mass is 458 g/mol. The molecule has 0 saturated carbocycles. The number of aryl methyl sites for hydroxylation is 1. The lowest BCUT2D eigenvalue weighted by molar-refractivity contribution is 0.617. The van der Waals surface area contributed by atoms with Gasteiger partial charge in [-0.3, -0.25) is 14.2 Å². The molecule has 1 N–H and O–H groups in total. The molecule has 0 atom stereocenters. The highest BCUT2D eigenvalue weighted by Crippen LogP contribution is 2.20. The van der Waals surface area contributed by atoms with E-state index in [1.54, 1.807) is 29.1 Å². The van der Waals surface area contributed by atoms with Gasteiger partial charge in [0.2, 0.25) is 11.1 Å². The molecule has 0 spiro atoms. The Hall–Kier alpha value is -3.72. The fraction of sp³-hybridized carbons (Fsp3) is 0.208. The second kappa shape index (κ2) is 9.03. The summed E-state index contributed by atoms with van der Waals surface area (Å²) in [6.07, 6.45) is 5.30. The average molecular weight is 459 g/mol. The number of rotatable bonds is 7.